The quantitative estimate of drug-likeness (QED) is 0.748. The van der Waals surface area contributed by atoms with Gasteiger partial charge in [-0.3, -0.25) is 4.98 Å². The highest BCUT2D eigenvalue weighted by atomic mass is 35.5. The molecule has 0 atom stereocenters. The summed E-state index contributed by atoms with van der Waals surface area (Å²) in [5.41, 5.74) is 7.91. The Kier molecular flexibility index (Phi) is 2.25. The molecule has 2 nitrogen and oxygen atoms in total. The number of halogens is 2. The van der Waals surface area contributed by atoms with Crippen LogP contribution in [0.1, 0.15) is 5.69 Å². The number of aromatic nitrogens is 1. The lowest BCUT2D eigenvalue weighted by Gasteiger charge is -2.06. The first-order valence-corrected chi connectivity index (χ1v) is 4.86. The van der Waals surface area contributed by atoms with Crippen LogP contribution in [0.5, 0.6) is 0 Å². The first-order chi connectivity index (χ1) is 6.59. The molecule has 0 radical (unpaired) electrons. The summed E-state index contributed by atoms with van der Waals surface area (Å²) in [7, 11) is 0. The monoisotopic (exact) mass is 226 g/mol. The molecule has 2 N–H and O–H groups in total. The fourth-order valence-electron chi connectivity index (χ4n) is 1.37. The molecule has 72 valence electrons. The average Bonchev–Trinajstić information content (AvgIpc) is 2.14. The van der Waals surface area contributed by atoms with Crippen LogP contribution in [0.3, 0.4) is 0 Å². The van der Waals surface area contributed by atoms with Crippen molar-refractivity contribution < 1.29 is 0 Å². The summed E-state index contributed by atoms with van der Waals surface area (Å²) in [5.74, 6) is 0. The van der Waals surface area contributed by atoms with Crippen LogP contribution in [-0.4, -0.2) is 4.98 Å². The SMILES string of the molecule is Cc1nc2cc(Cl)ccc2c(N)c1Cl. The molecule has 0 aliphatic carbocycles. The topological polar surface area (TPSA) is 38.9 Å². The van der Waals surface area contributed by atoms with E-state index in [1.807, 2.05) is 13.0 Å². The minimum absolute atomic E-state index is 0.514. The number of pyridine rings is 1. The van der Waals surface area contributed by atoms with Crippen molar-refractivity contribution in [2.45, 2.75) is 6.92 Å². The lowest BCUT2D eigenvalue weighted by atomic mass is 10.1. The van der Waals surface area contributed by atoms with Gasteiger partial charge in [0.25, 0.3) is 0 Å². The van der Waals surface area contributed by atoms with Gasteiger partial charge in [0.2, 0.25) is 0 Å². The van der Waals surface area contributed by atoms with Gasteiger partial charge in [-0.05, 0) is 25.1 Å². The van der Waals surface area contributed by atoms with Crippen molar-refractivity contribution >= 4 is 39.8 Å². The fourth-order valence-corrected chi connectivity index (χ4v) is 1.68. The van der Waals surface area contributed by atoms with Crippen molar-refractivity contribution in [2.75, 3.05) is 5.73 Å². The number of nitrogen functional groups attached to an aromatic ring is 1. The maximum atomic E-state index is 5.98. The number of fused-ring (bicyclic) bond motifs is 1. The molecule has 0 aliphatic rings. The average molecular weight is 227 g/mol. The van der Waals surface area contributed by atoms with Crippen LogP contribution >= 0.6 is 23.2 Å². The number of nitrogens with zero attached hydrogens (tertiary/aromatic N) is 1. The van der Waals surface area contributed by atoms with Gasteiger partial charge in [-0.15, -0.1) is 0 Å². The van der Waals surface area contributed by atoms with Gasteiger partial charge in [-0.1, -0.05) is 23.2 Å². The number of rotatable bonds is 0. The van der Waals surface area contributed by atoms with Gasteiger partial charge in [0, 0.05) is 10.4 Å². The Bertz CT molecular complexity index is 509. The van der Waals surface area contributed by atoms with Crippen LogP contribution in [-0.2, 0) is 0 Å². The molecule has 14 heavy (non-hydrogen) atoms. The van der Waals surface area contributed by atoms with Gasteiger partial charge in [0.05, 0.1) is 21.9 Å². The van der Waals surface area contributed by atoms with Crippen molar-refractivity contribution in [3.63, 3.8) is 0 Å². The molecule has 1 heterocycles. The van der Waals surface area contributed by atoms with Crippen molar-refractivity contribution in [2.24, 2.45) is 0 Å². The Morgan fingerprint density at radius 1 is 1.29 bits per heavy atom. The summed E-state index contributed by atoms with van der Waals surface area (Å²) in [6.45, 7) is 1.82. The minimum Gasteiger partial charge on any atom is -0.397 e. The maximum absolute atomic E-state index is 5.98. The van der Waals surface area contributed by atoms with Gasteiger partial charge >= 0.3 is 0 Å². The smallest absolute Gasteiger partial charge is 0.0854 e. The van der Waals surface area contributed by atoms with Crippen LogP contribution in [0.4, 0.5) is 5.69 Å². The molecule has 2 rings (SSSR count). The minimum atomic E-state index is 0.514. The lowest BCUT2D eigenvalue weighted by molar-refractivity contribution is 1.26. The Morgan fingerprint density at radius 3 is 2.71 bits per heavy atom. The number of aryl methyl sites for hydroxylation is 1. The van der Waals surface area contributed by atoms with Crippen LogP contribution in [0, 0.1) is 6.92 Å². The van der Waals surface area contributed by atoms with Gasteiger partial charge in [0.1, 0.15) is 0 Å². The molecule has 0 spiro atoms. The highest BCUT2D eigenvalue weighted by Crippen LogP contribution is 2.30. The summed E-state index contributed by atoms with van der Waals surface area (Å²) >= 11 is 11.8. The molecule has 0 fully saturated rings. The predicted molar refractivity (Wildman–Crippen MR) is 60.9 cm³/mol. The Morgan fingerprint density at radius 2 is 2.00 bits per heavy atom. The molecule has 0 bridgehead atoms. The highest BCUT2D eigenvalue weighted by Gasteiger charge is 2.07. The molecule has 1 aromatic heterocycles. The zero-order valence-corrected chi connectivity index (χ0v) is 9.02. The molecule has 0 unspecified atom stereocenters. The van der Waals surface area contributed by atoms with E-state index >= 15 is 0 Å². The number of nitrogens with two attached hydrogens (primary N) is 1. The summed E-state index contributed by atoms with van der Waals surface area (Å²) in [4.78, 5) is 4.30. The number of hydrogen-bond donors (Lipinski definition) is 1. The third-order valence-corrected chi connectivity index (χ3v) is 2.80. The zero-order valence-electron chi connectivity index (χ0n) is 7.51. The van der Waals surface area contributed by atoms with E-state index in [2.05, 4.69) is 4.98 Å². The number of benzene rings is 1. The van der Waals surface area contributed by atoms with E-state index in [-0.39, 0.29) is 0 Å². The molecule has 4 heteroatoms. The zero-order chi connectivity index (χ0) is 10.3. The molecular weight excluding hydrogens is 219 g/mol. The van der Waals surface area contributed by atoms with Crippen LogP contribution in [0.2, 0.25) is 10.0 Å². The van der Waals surface area contributed by atoms with Crippen molar-refractivity contribution in [3.8, 4) is 0 Å². The van der Waals surface area contributed by atoms with Gasteiger partial charge in [-0.25, -0.2) is 0 Å². The molecular formula is C10H8Cl2N2. The van der Waals surface area contributed by atoms with Gasteiger partial charge in [-0.2, -0.15) is 0 Å². The predicted octanol–water partition coefficient (Wildman–Crippen LogP) is 3.43. The number of hydrogen-bond acceptors (Lipinski definition) is 2. The molecule has 0 amide bonds. The molecule has 0 saturated carbocycles. The van der Waals surface area contributed by atoms with Crippen LogP contribution < -0.4 is 5.73 Å². The molecule has 1 aromatic carbocycles. The third-order valence-electron chi connectivity index (χ3n) is 2.09. The second kappa shape index (κ2) is 3.30. The largest absolute Gasteiger partial charge is 0.397 e. The maximum Gasteiger partial charge on any atom is 0.0854 e. The fraction of sp³-hybridized carbons (Fsp3) is 0.100. The van der Waals surface area contributed by atoms with E-state index in [0.717, 1.165) is 16.6 Å². The summed E-state index contributed by atoms with van der Waals surface area (Å²) in [6, 6.07) is 5.37. The van der Waals surface area contributed by atoms with Gasteiger partial charge < -0.3 is 5.73 Å². The lowest BCUT2D eigenvalue weighted by Crippen LogP contribution is -1.94. The van der Waals surface area contributed by atoms with Crippen molar-refractivity contribution in [1.82, 2.24) is 4.98 Å². The Labute approximate surface area is 91.6 Å². The van der Waals surface area contributed by atoms with E-state index < -0.39 is 0 Å². The third kappa shape index (κ3) is 1.41. The highest BCUT2D eigenvalue weighted by molar-refractivity contribution is 6.35. The normalized spacial score (nSPS) is 10.8. The Balaban J connectivity index is 2.91. The van der Waals surface area contributed by atoms with E-state index in [1.165, 1.54) is 0 Å². The van der Waals surface area contributed by atoms with E-state index in [9.17, 15) is 0 Å². The van der Waals surface area contributed by atoms with E-state index in [0.29, 0.717) is 15.7 Å². The van der Waals surface area contributed by atoms with E-state index in [1.54, 1.807) is 12.1 Å². The number of anilines is 1. The summed E-state index contributed by atoms with van der Waals surface area (Å²) in [6.07, 6.45) is 0. The summed E-state index contributed by atoms with van der Waals surface area (Å²) in [5, 5.41) is 2.00. The standard InChI is InChI=1S/C10H8Cl2N2/c1-5-9(12)10(13)7-3-2-6(11)4-8(7)14-5/h2-4H,1H3,(H2,13,14). The Hall–Kier alpha value is -0.990. The van der Waals surface area contributed by atoms with Crippen LogP contribution in [0.25, 0.3) is 10.9 Å². The van der Waals surface area contributed by atoms with Crippen molar-refractivity contribution in [1.29, 1.82) is 0 Å². The molecule has 0 saturated heterocycles. The molecule has 0 aliphatic heterocycles. The van der Waals surface area contributed by atoms with Crippen molar-refractivity contribution in [3.05, 3.63) is 33.9 Å². The van der Waals surface area contributed by atoms with Gasteiger partial charge in [0.15, 0.2) is 0 Å². The van der Waals surface area contributed by atoms with Crippen LogP contribution in [0.15, 0.2) is 18.2 Å². The first-order valence-electron chi connectivity index (χ1n) is 4.10. The summed E-state index contributed by atoms with van der Waals surface area (Å²) < 4.78 is 0. The second-order valence-corrected chi connectivity index (χ2v) is 3.90. The molecule has 2 aromatic rings. The second-order valence-electron chi connectivity index (χ2n) is 3.09. The van der Waals surface area contributed by atoms with E-state index in [4.69, 9.17) is 28.9 Å². The first kappa shape index (κ1) is 9.56.